The molecule has 7 nitrogen and oxygen atoms in total. The maximum Gasteiger partial charge on any atom is 0.278 e. The topological polar surface area (TPSA) is 78.3 Å². The number of hydrogen-bond acceptors (Lipinski definition) is 5. The van der Waals surface area contributed by atoms with E-state index >= 15 is 0 Å². The van der Waals surface area contributed by atoms with Crippen LogP contribution in [0, 0.1) is 0 Å². The predicted octanol–water partition coefficient (Wildman–Crippen LogP) is 3.85. The van der Waals surface area contributed by atoms with Crippen molar-refractivity contribution in [1.29, 1.82) is 0 Å². The van der Waals surface area contributed by atoms with E-state index in [1.807, 2.05) is 31.2 Å². The van der Waals surface area contributed by atoms with E-state index in [2.05, 4.69) is 15.6 Å². The lowest BCUT2D eigenvalue weighted by atomic mass is 10.1. The summed E-state index contributed by atoms with van der Waals surface area (Å²) in [6.45, 7) is 3.26. The van der Waals surface area contributed by atoms with Gasteiger partial charge < -0.3 is 14.8 Å². The van der Waals surface area contributed by atoms with Crippen LogP contribution in [0.15, 0.2) is 48.5 Å². The molecule has 0 radical (unpaired) electrons. The predicted molar refractivity (Wildman–Crippen MR) is 105 cm³/mol. The number of ether oxygens (including phenoxy) is 2. The Labute approximate surface area is 167 Å². The third-order valence-electron chi connectivity index (χ3n) is 4.48. The summed E-state index contributed by atoms with van der Waals surface area (Å²) in [5, 5.41) is 11.7. The van der Waals surface area contributed by atoms with Crippen LogP contribution in [0.1, 0.15) is 34.8 Å². The Bertz CT molecular complexity index is 970. The summed E-state index contributed by atoms with van der Waals surface area (Å²) in [5.41, 5.74) is 2.59. The lowest BCUT2D eigenvalue weighted by molar-refractivity contribution is -0.00171. The monoisotopic (exact) mass is 398 g/mol. The molecule has 0 saturated carbocycles. The third kappa shape index (κ3) is 3.85. The number of nitrogens with zero attached hydrogens (tertiary/aromatic N) is 3. The van der Waals surface area contributed by atoms with E-state index in [4.69, 9.17) is 21.1 Å². The summed E-state index contributed by atoms with van der Waals surface area (Å²) in [4.78, 5) is 12.6. The molecule has 2 aromatic carbocycles. The summed E-state index contributed by atoms with van der Waals surface area (Å²) in [7, 11) is 0. The molecule has 144 valence electrons. The number of rotatable bonds is 5. The number of amides is 1. The fraction of sp³-hybridized carbons (Fsp3) is 0.250. The van der Waals surface area contributed by atoms with Crippen molar-refractivity contribution in [3.8, 4) is 5.75 Å². The standard InChI is InChI=1S/C20H19ClN4O3/c1-2-27-16-9-7-15(8-10-16)22-20(26)19-17-12-28-18(11-25(17)24-23-19)13-3-5-14(21)6-4-13/h3-10,18H,2,11-12H2,1H3,(H,22,26). The average Bonchev–Trinajstić information content (AvgIpc) is 3.13. The van der Waals surface area contributed by atoms with Crippen molar-refractivity contribution in [3.05, 3.63) is 70.5 Å². The molecule has 1 unspecified atom stereocenters. The second-order valence-corrected chi connectivity index (χ2v) is 6.77. The van der Waals surface area contributed by atoms with Crippen LogP contribution >= 0.6 is 11.6 Å². The highest BCUT2D eigenvalue weighted by Gasteiger charge is 2.27. The molecule has 0 saturated heterocycles. The van der Waals surface area contributed by atoms with Crippen molar-refractivity contribution in [2.75, 3.05) is 11.9 Å². The van der Waals surface area contributed by atoms with Gasteiger partial charge in [-0.25, -0.2) is 4.68 Å². The molecule has 1 aliphatic heterocycles. The molecule has 28 heavy (non-hydrogen) atoms. The molecular weight excluding hydrogens is 380 g/mol. The van der Waals surface area contributed by atoms with Crippen molar-refractivity contribution in [1.82, 2.24) is 15.0 Å². The number of nitrogens with one attached hydrogen (secondary N) is 1. The van der Waals surface area contributed by atoms with Gasteiger partial charge in [-0.15, -0.1) is 5.10 Å². The molecule has 3 aromatic rings. The van der Waals surface area contributed by atoms with Gasteiger partial charge in [0.05, 0.1) is 25.5 Å². The molecule has 2 heterocycles. The van der Waals surface area contributed by atoms with E-state index in [9.17, 15) is 4.79 Å². The minimum absolute atomic E-state index is 0.159. The van der Waals surface area contributed by atoms with Crippen LogP contribution in [0.5, 0.6) is 5.75 Å². The lowest BCUT2D eigenvalue weighted by Crippen LogP contribution is -2.24. The SMILES string of the molecule is CCOc1ccc(NC(=O)c2nnn3c2COC(c2ccc(Cl)cc2)C3)cc1. The first-order valence-corrected chi connectivity index (χ1v) is 9.35. The average molecular weight is 399 g/mol. The van der Waals surface area contributed by atoms with E-state index in [1.54, 1.807) is 28.9 Å². The number of anilines is 1. The second-order valence-electron chi connectivity index (χ2n) is 6.33. The van der Waals surface area contributed by atoms with E-state index in [0.717, 1.165) is 11.3 Å². The van der Waals surface area contributed by atoms with Crippen molar-refractivity contribution in [2.24, 2.45) is 0 Å². The fourth-order valence-corrected chi connectivity index (χ4v) is 3.18. The fourth-order valence-electron chi connectivity index (χ4n) is 3.06. The Hall–Kier alpha value is -2.90. The van der Waals surface area contributed by atoms with Crippen molar-refractivity contribution >= 4 is 23.2 Å². The first-order valence-electron chi connectivity index (χ1n) is 8.97. The summed E-state index contributed by atoms with van der Waals surface area (Å²) >= 11 is 5.94. The Morgan fingerprint density at radius 3 is 2.71 bits per heavy atom. The van der Waals surface area contributed by atoms with Crippen molar-refractivity contribution < 1.29 is 14.3 Å². The number of fused-ring (bicyclic) bond motifs is 1. The molecule has 1 N–H and O–H groups in total. The minimum Gasteiger partial charge on any atom is -0.494 e. The number of aromatic nitrogens is 3. The zero-order valence-electron chi connectivity index (χ0n) is 15.3. The number of carbonyl (C=O) groups is 1. The van der Waals surface area contributed by atoms with Gasteiger partial charge in [0.15, 0.2) is 5.69 Å². The maximum absolute atomic E-state index is 12.6. The van der Waals surface area contributed by atoms with E-state index in [-0.39, 0.29) is 24.3 Å². The number of carbonyl (C=O) groups excluding carboxylic acids is 1. The van der Waals surface area contributed by atoms with Gasteiger partial charge in [-0.05, 0) is 48.9 Å². The van der Waals surface area contributed by atoms with Gasteiger partial charge in [0, 0.05) is 10.7 Å². The van der Waals surface area contributed by atoms with Crippen LogP contribution in [0.2, 0.25) is 5.02 Å². The van der Waals surface area contributed by atoms with Crippen LogP contribution in [0.25, 0.3) is 0 Å². The first-order chi connectivity index (χ1) is 13.6. The molecular formula is C20H19ClN4O3. The lowest BCUT2D eigenvalue weighted by Gasteiger charge is -2.24. The van der Waals surface area contributed by atoms with Gasteiger partial charge in [-0.2, -0.15) is 0 Å². The van der Waals surface area contributed by atoms with Gasteiger partial charge in [0.1, 0.15) is 11.9 Å². The zero-order chi connectivity index (χ0) is 19.5. The highest BCUT2D eigenvalue weighted by molar-refractivity contribution is 6.30. The summed E-state index contributed by atoms with van der Waals surface area (Å²) in [6, 6.07) is 14.7. The van der Waals surface area contributed by atoms with Crippen LogP contribution in [-0.2, 0) is 17.9 Å². The Morgan fingerprint density at radius 1 is 1.25 bits per heavy atom. The first kappa shape index (κ1) is 18.5. The van der Waals surface area contributed by atoms with Gasteiger partial charge >= 0.3 is 0 Å². The molecule has 1 aliphatic rings. The number of halogens is 1. The van der Waals surface area contributed by atoms with Crippen molar-refractivity contribution in [2.45, 2.75) is 26.2 Å². The normalized spacial score (nSPS) is 15.7. The Kier molecular flexibility index (Phi) is 5.27. The van der Waals surface area contributed by atoms with Gasteiger partial charge in [0.2, 0.25) is 0 Å². The van der Waals surface area contributed by atoms with Crippen LogP contribution in [-0.4, -0.2) is 27.5 Å². The molecule has 8 heteroatoms. The summed E-state index contributed by atoms with van der Waals surface area (Å²) < 4.78 is 13.1. The van der Waals surface area contributed by atoms with Crippen LogP contribution < -0.4 is 10.1 Å². The molecule has 4 rings (SSSR count). The highest BCUT2D eigenvalue weighted by Crippen LogP contribution is 2.28. The van der Waals surface area contributed by atoms with Crippen LogP contribution in [0.4, 0.5) is 5.69 Å². The maximum atomic E-state index is 12.6. The summed E-state index contributed by atoms with van der Waals surface area (Å²) in [6.07, 6.45) is -0.159. The van der Waals surface area contributed by atoms with Gasteiger partial charge in [-0.3, -0.25) is 4.79 Å². The third-order valence-corrected chi connectivity index (χ3v) is 4.73. The molecule has 0 aliphatic carbocycles. The molecule has 0 bridgehead atoms. The molecule has 1 aromatic heterocycles. The number of hydrogen-bond donors (Lipinski definition) is 1. The number of benzene rings is 2. The molecule has 1 amide bonds. The van der Waals surface area contributed by atoms with Crippen molar-refractivity contribution in [3.63, 3.8) is 0 Å². The molecule has 0 fully saturated rings. The molecule has 1 atom stereocenters. The minimum atomic E-state index is -0.320. The Balaban J connectivity index is 1.46. The van der Waals surface area contributed by atoms with E-state index < -0.39 is 0 Å². The summed E-state index contributed by atoms with van der Waals surface area (Å²) in [5.74, 6) is 0.433. The van der Waals surface area contributed by atoms with E-state index in [0.29, 0.717) is 29.6 Å². The van der Waals surface area contributed by atoms with Gasteiger partial charge in [0.25, 0.3) is 5.91 Å². The highest BCUT2D eigenvalue weighted by atomic mass is 35.5. The smallest absolute Gasteiger partial charge is 0.278 e. The van der Waals surface area contributed by atoms with Crippen LogP contribution in [0.3, 0.4) is 0 Å². The molecule has 0 spiro atoms. The van der Waals surface area contributed by atoms with E-state index in [1.165, 1.54) is 0 Å². The largest absolute Gasteiger partial charge is 0.494 e. The second kappa shape index (κ2) is 8.00. The van der Waals surface area contributed by atoms with Gasteiger partial charge in [-0.1, -0.05) is 28.9 Å². The Morgan fingerprint density at radius 2 is 2.00 bits per heavy atom. The zero-order valence-corrected chi connectivity index (χ0v) is 16.0. The quantitative estimate of drug-likeness (QED) is 0.706.